The van der Waals surface area contributed by atoms with E-state index in [-0.39, 0.29) is 48.8 Å². The molecule has 7 nitrogen and oxygen atoms in total. The standard InChI is InChI=1S/C26H29N3O4/c30-23(15-16-24(31)32)28(18-13-14-18)25-19-9-4-5-11-21(19)29(22-12-6-10-20(22)25)26(33)27-17-7-2-1-3-8-17/h1-5,7-9,11,18,20,22,25H,6,10,12-16H2,(H,27,33)(H,31,32)/t20-,22+,25-/m0/s1. The van der Waals surface area contributed by atoms with E-state index in [4.69, 9.17) is 5.11 Å². The van der Waals surface area contributed by atoms with Gasteiger partial charge in [0.05, 0.1) is 18.2 Å². The Morgan fingerprint density at radius 2 is 1.67 bits per heavy atom. The third-order valence-electron chi connectivity index (χ3n) is 7.11. The van der Waals surface area contributed by atoms with E-state index in [1.165, 1.54) is 0 Å². The maximum Gasteiger partial charge on any atom is 0.326 e. The molecule has 5 rings (SSSR count). The highest BCUT2D eigenvalue weighted by Crippen LogP contribution is 2.52. The van der Waals surface area contributed by atoms with Crippen LogP contribution < -0.4 is 10.2 Å². The molecule has 0 aromatic heterocycles. The largest absolute Gasteiger partial charge is 0.481 e. The molecule has 2 fully saturated rings. The molecule has 0 radical (unpaired) electrons. The van der Waals surface area contributed by atoms with Gasteiger partial charge in [-0.05, 0) is 49.4 Å². The van der Waals surface area contributed by atoms with Crippen LogP contribution in [0.2, 0.25) is 0 Å². The average molecular weight is 448 g/mol. The van der Waals surface area contributed by atoms with Gasteiger partial charge >= 0.3 is 12.0 Å². The Morgan fingerprint density at radius 3 is 2.39 bits per heavy atom. The Balaban J connectivity index is 1.51. The molecule has 2 saturated carbocycles. The van der Waals surface area contributed by atoms with Crippen molar-refractivity contribution in [3.8, 4) is 0 Å². The fraction of sp³-hybridized carbons (Fsp3) is 0.423. The first-order valence-electron chi connectivity index (χ1n) is 11.8. The van der Waals surface area contributed by atoms with E-state index < -0.39 is 5.97 Å². The van der Waals surface area contributed by atoms with Gasteiger partial charge < -0.3 is 15.3 Å². The number of para-hydroxylation sites is 2. The number of carbonyl (C=O) groups excluding carboxylic acids is 2. The van der Waals surface area contributed by atoms with Crippen molar-refractivity contribution < 1.29 is 19.5 Å². The van der Waals surface area contributed by atoms with E-state index in [0.717, 1.165) is 49.0 Å². The fourth-order valence-electron chi connectivity index (χ4n) is 5.63. The van der Waals surface area contributed by atoms with E-state index >= 15 is 0 Å². The highest BCUT2D eigenvalue weighted by atomic mass is 16.4. The van der Waals surface area contributed by atoms with Crippen molar-refractivity contribution >= 4 is 29.3 Å². The minimum absolute atomic E-state index is 0.00198. The van der Waals surface area contributed by atoms with Crippen LogP contribution in [-0.4, -0.2) is 40.0 Å². The molecule has 2 aromatic carbocycles. The minimum Gasteiger partial charge on any atom is -0.481 e. The lowest BCUT2D eigenvalue weighted by Crippen LogP contribution is -2.53. The van der Waals surface area contributed by atoms with Gasteiger partial charge in [-0.3, -0.25) is 14.5 Å². The van der Waals surface area contributed by atoms with Crippen molar-refractivity contribution in [3.05, 3.63) is 60.2 Å². The Hall–Kier alpha value is -3.35. The van der Waals surface area contributed by atoms with Crippen molar-refractivity contribution in [1.29, 1.82) is 0 Å². The van der Waals surface area contributed by atoms with E-state index in [1.54, 1.807) is 0 Å². The van der Waals surface area contributed by atoms with Gasteiger partial charge in [-0.1, -0.05) is 42.8 Å². The molecule has 0 saturated heterocycles. The van der Waals surface area contributed by atoms with Crippen LogP contribution in [0.4, 0.5) is 16.2 Å². The number of hydrogen-bond acceptors (Lipinski definition) is 3. The zero-order chi connectivity index (χ0) is 22.9. The molecule has 0 bridgehead atoms. The molecule has 0 unspecified atom stereocenters. The van der Waals surface area contributed by atoms with Gasteiger partial charge in [0, 0.05) is 30.1 Å². The molecule has 1 aliphatic heterocycles. The molecule has 2 aromatic rings. The topological polar surface area (TPSA) is 90.0 Å². The third-order valence-corrected chi connectivity index (χ3v) is 7.11. The second kappa shape index (κ2) is 8.89. The number of hydrogen-bond donors (Lipinski definition) is 2. The third kappa shape index (κ3) is 4.19. The normalized spacial score (nSPS) is 23.4. The number of benzene rings is 2. The van der Waals surface area contributed by atoms with Crippen molar-refractivity contribution in [3.63, 3.8) is 0 Å². The fourth-order valence-corrected chi connectivity index (χ4v) is 5.63. The summed E-state index contributed by atoms with van der Waals surface area (Å²) in [6.45, 7) is 0. The van der Waals surface area contributed by atoms with Crippen molar-refractivity contribution in [2.75, 3.05) is 10.2 Å². The zero-order valence-corrected chi connectivity index (χ0v) is 18.5. The van der Waals surface area contributed by atoms with Crippen molar-refractivity contribution in [2.45, 2.75) is 63.1 Å². The summed E-state index contributed by atoms with van der Waals surface area (Å²) in [7, 11) is 0. The number of carboxylic acid groups (broad SMARTS) is 1. The average Bonchev–Trinajstić information content (AvgIpc) is 3.53. The number of aliphatic carboxylic acids is 1. The van der Waals surface area contributed by atoms with Crippen LogP contribution in [0.5, 0.6) is 0 Å². The number of rotatable bonds is 6. The number of fused-ring (bicyclic) bond motifs is 2. The van der Waals surface area contributed by atoms with Gasteiger partial charge in [0.1, 0.15) is 0 Å². The SMILES string of the molecule is O=C(O)CCC(=O)N(C1CC1)[C@H]1c2ccccc2N(C(=O)Nc2ccccc2)[C@@H]2CCC[C@@H]21. The molecule has 3 amide bonds. The van der Waals surface area contributed by atoms with Gasteiger partial charge in [0.15, 0.2) is 0 Å². The highest BCUT2D eigenvalue weighted by Gasteiger charge is 2.51. The molecule has 172 valence electrons. The summed E-state index contributed by atoms with van der Waals surface area (Å²) in [5.41, 5.74) is 2.58. The Bertz CT molecular complexity index is 1050. The molecule has 3 aliphatic rings. The Morgan fingerprint density at radius 1 is 0.939 bits per heavy atom. The van der Waals surface area contributed by atoms with Crippen LogP contribution in [0.25, 0.3) is 0 Å². The lowest BCUT2D eigenvalue weighted by Gasteiger charge is -2.47. The quantitative estimate of drug-likeness (QED) is 0.665. The van der Waals surface area contributed by atoms with E-state index in [1.807, 2.05) is 64.4 Å². The predicted octanol–water partition coefficient (Wildman–Crippen LogP) is 4.80. The Kier molecular flexibility index (Phi) is 5.79. The molecular weight excluding hydrogens is 418 g/mol. The number of carboxylic acids is 1. The summed E-state index contributed by atoms with van der Waals surface area (Å²) in [5.74, 6) is -0.908. The first-order valence-corrected chi connectivity index (χ1v) is 11.8. The molecule has 7 heteroatoms. The number of carbonyl (C=O) groups is 3. The van der Waals surface area contributed by atoms with E-state index in [2.05, 4.69) is 5.32 Å². The number of amides is 3. The van der Waals surface area contributed by atoms with E-state index in [9.17, 15) is 14.4 Å². The van der Waals surface area contributed by atoms with Crippen LogP contribution in [0.1, 0.15) is 56.6 Å². The lowest BCUT2D eigenvalue weighted by atomic mass is 9.81. The molecule has 1 heterocycles. The molecule has 33 heavy (non-hydrogen) atoms. The summed E-state index contributed by atoms with van der Waals surface area (Å²) in [6.07, 6.45) is 4.58. The van der Waals surface area contributed by atoms with Crippen LogP contribution in [-0.2, 0) is 9.59 Å². The van der Waals surface area contributed by atoms with Gasteiger partial charge in [0.2, 0.25) is 5.91 Å². The van der Waals surface area contributed by atoms with Gasteiger partial charge in [-0.2, -0.15) is 0 Å². The highest BCUT2D eigenvalue weighted by molar-refractivity contribution is 6.03. The summed E-state index contributed by atoms with van der Waals surface area (Å²) in [5, 5.41) is 12.2. The first kappa shape index (κ1) is 21.5. The molecule has 0 spiro atoms. The van der Waals surface area contributed by atoms with Crippen LogP contribution in [0, 0.1) is 5.92 Å². The lowest BCUT2D eigenvalue weighted by molar-refractivity contribution is -0.142. The summed E-state index contributed by atoms with van der Waals surface area (Å²) in [6, 6.07) is 17.2. The number of nitrogens with zero attached hydrogens (tertiary/aromatic N) is 2. The summed E-state index contributed by atoms with van der Waals surface area (Å²) < 4.78 is 0. The number of nitrogens with one attached hydrogen (secondary N) is 1. The molecule has 2 aliphatic carbocycles. The monoisotopic (exact) mass is 447 g/mol. The maximum atomic E-state index is 13.5. The summed E-state index contributed by atoms with van der Waals surface area (Å²) >= 11 is 0. The second-order valence-corrected chi connectivity index (χ2v) is 9.26. The Labute approximate surface area is 193 Å². The summed E-state index contributed by atoms with van der Waals surface area (Å²) in [4.78, 5) is 41.7. The van der Waals surface area contributed by atoms with Gasteiger partial charge in [-0.15, -0.1) is 0 Å². The smallest absolute Gasteiger partial charge is 0.326 e. The minimum atomic E-state index is -0.953. The predicted molar refractivity (Wildman–Crippen MR) is 125 cm³/mol. The van der Waals surface area contributed by atoms with Crippen LogP contribution >= 0.6 is 0 Å². The number of anilines is 2. The van der Waals surface area contributed by atoms with Crippen LogP contribution in [0.15, 0.2) is 54.6 Å². The molecule has 3 atom stereocenters. The molecular formula is C26H29N3O4. The zero-order valence-electron chi connectivity index (χ0n) is 18.5. The van der Waals surface area contributed by atoms with Crippen molar-refractivity contribution in [2.24, 2.45) is 5.92 Å². The van der Waals surface area contributed by atoms with Gasteiger partial charge in [0.25, 0.3) is 0 Å². The number of urea groups is 1. The van der Waals surface area contributed by atoms with Crippen LogP contribution in [0.3, 0.4) is 0 Å². The van der Waals surface area contributed by atoms with Gasteiger partial charge in [-0.25, -0.2) is 4.79 Å². The first-order chi connectivity index (χ1) is 16.0. The van der Waals surface area contributed by atoms with E-state index in [0.29, 0.717) is 0 Å². The molecule has 2 N–H and O–H groups in total. The maximum absolute atomic E-state index is 13.5. The second-order valence-electron chi connectivity index (χ2n) is 9.26. The van der Waals surface area contributed by atoms with Crippen molar-refractivity contribution in [1.82, 2.24) is 4.90 Å².